The third-order valence-electron chi connectivity index (χ3n) is 3.07. The van der Waals surface area contributed by atoms with Gasteiger partial charge in [0, 0.05) is 19.7 Å². The number of piperidine rings is 1. The molecule has 0 aliphatic carbocycles. The fourth-order valence-electron chi connectivity index (χ4n) is 2.15. The molecule has 8 heteroatoms. The van der Waals surface area contributed by atoms with Crippen LogP contribution in [0.3, 0.4) is 0 Å². The molecule has 5 nitrogen and oxygen atoms in total. The monoisotopic (exact) mass is 310 g/mol. The van der Waals surface area contributed by atoms with Crippen molar-refractivity contribution in [3.05, 3.63) is 10.7 Å². The minimum atomic E-state index is -3.47. The number of aliphatic hydroxyl groups excluding tert-OH is 1. The van der Waals surface area contributed by atoms with E-state index in [1.807, 2.05) is 0 Å². The van der Waals surface area contributed by atoms with E-state index in [1.54, 1.807) is 0 Å². The number of hydrogen-bond donors (Lipinski definition) is 1. The Hall–Kier alpha value is -0.210. The van der Waals surface area contributed by atoms with Crippen molar-refractivity contribution in [1.82, 2.24) is 9.29 Å². The SMILES string of the molecule is O=S(=O)(c1cnc(Cl)s1)N1CCCC(CCO)C1. The van der Waals surface area contributed by atoms with Gasteiger partial charge >= 0.3 is 0 Å². The van der Waals surface area contributed by atoms with Crippen LogP contribution in [0.2, 0.25) is 4.47 Å². The van der Waals surface area contributed by atoms with Gasteiger partial charge in [-0.1, -0.05) is 22.9 Å². The third-order valence-corrected chi connectivity index (χ3v) is 6.49. The van der Waals surface area contributed by atoms with Crippen LogP contribution in [-0.2, 0) is 10.0 Å². The van der Waals surface area contributed by atoms with Crippen LogP contribution in [0.1, 0.15) is 19.3 Å². The quantitative estimate of drug-likeness (QED) is 0.916. The summed E-state index contributed by atoms with van der Waals surface area (Å²) in [6.45, 7) is 1.10. The number of aliphatic hydroxyl groups is 1. The van der Waals surface area contributed by atoms with Crippen molar-refractivity contribution >= 4 is 33.0 Å². The van der Waals surface area contributed by atoms with Crippen molar-refractivity contribution in [2.75, 3.05) is 19.7 Å². The molecule has 1 N–H and O–H groups in total. The van der Waals surface area contributed by atoms with Crippen LogP contribution in [0.4, 0.5) is 0 Å². The van der Waals surface area contributed by atoms with Gasteiger partial charge in [-0.15, -0.1) is 0 Å². The molecule has 1 unspecified atom stereocenters. The van der Waals surface area contributed by atoms with Crippen LogP contribution in [0, 0.1) is 5.92 Å². The summed E-state index contributed by atoms with van der Waals surface area (Å²) in [6.07, 6.45) is 3.75. The molecule has 0 radical (unpaired) electrons. The Bertz CT molecular complexity index is 501. The molecule has 1 fully saturated rings. The molecule has 0 bridgehead atoms. The van der Waals surface area contributed by atoms with Crippen LogP contribution in [0.5, 0.6) is 0 Å². The first-order valence-electron chi connectivity index (χ1n) is 5.76. The van der Waals surface area contributed by atoms with Gasteiger partial charge in [0.05, 0.1) is 6.20 Å². The highest BCUT2D eigenvalue weighted by atomic mass is 35.5. The van der Waals surface area contributed by atoms with Gasteiger partial charge < -0.3 is 5.11 Å². The van der Waals surface area contributed by atoms with Crippen LogP contribution < -0.4 is 0 Å². The zero-order valence-electron chi connectivity index (χ0n) is 9.75. The Kier molecular flexibility index (Phi) is 4.60. The Morgan fingerprint density at radius 1 is 1.61 bits per heavy atom. The maximum absolute atomic E-state index is 12.3. The molecule has 0 spiro atoms. The van der Waals surface area contributed by atoms with Crippen molar-refractivity contribution in [2.24, 2.45) is 5.92 Å². The van der Waals surface area contributed by atoms with Crippen LogP contribution >= 0.6 is 22.9 Å². The Labute approximate surface area is 115 Å². The first-order valence-corrected chi connectivity index (χ1v) is 8.40. The van der Waals surface area contributed by atoms with Gasteiger partial charge in [0.25, 0.3) is 10.0 Å². The number of sulfonamides is 1. The van der Waals surface area contributed by atoms with E-state index < -0.39 is 10.0 Å². The standard InChI is InChI=1S/C10H15ClN2O3S2/c11-10-12-6-9(17-10)18(15,16)13-4-1-2-8(7-13)3-5-14/h6,8,14H,1-5,7H2. The highest BCUT2D eigenvalue weighted by Gasteiger charge is 2.31. The van der Waals surface area contributed by atoms with Gasteiger partial charge in [-0.05, 0) is 25.2 Å². The number of nitrogens with zero attached hydrogens (tertiary/aromatic N) is 2. The molecule has 102 valence electrons. The van der Waals surface area contributed by atoms with E-state index in [0.717, 1.165) is 24.2 Å². The summed E-state index contributed by atoms with van der Waals surface area (Å²) in [5.74, 6) is 0.238. The van der Waals surface area contributed by atoms with Crippen LogP contribution in [0.25, 0.3) is 0 Å². The van der Waals surface area contributed by atoms with E-state index in [9.17, 15) is 8.42 Å². The summed E-state index contributed by atoms with van der Waals surface area (Å²) < 4.78 is 26.5. The average Bonchev–Trinajstić information content (AvgIpc) is 2.77. The topological polar surface area (TPSA) is 70.5 Å². The Balaban J connectivity index is 2.15. The molecule has 0 saturated carbocycles. The predicted octanol–water partition coefficient (Wildman–Crippen LogP) is 1.58. The fourth-order valence-corrected chi connectivity index (χ4v) is 5.15. The summed E-state index contributed by atoms with van der Waals surface area (Å²) in [5, 5.41) is 8.93. The molecule has 1 aromatic rings. The highest BCUT2D eigenvalue weighted by Crippen LogP contribution is 2.29. The van der Waals surface area contributed by atoms with Crippen LogP contribution in [-0.4, -0.2) is 42.5 Å². The maximum atomic E-state index is 12.3. The molecule has 0 aromatic carbocycles. The Morgan fingerprint density at radius 3 is 3.00 bits per heavy atom. The van der Waals surface area contributed by atoms with Crippen LogP contribution in [0.15, 0.2) is 10.4 Å². The zero-order chi connectivity index (χ0) is 13.2. The predicted molar refractivity (Wildman–Crippen MR) is 70.3 cm³/mol. The molecule has 18 heavy (non-hydrogen) atoms. The van der Waals surface area contributed by atoms with E-state index in [0.29, 0.717) is 19.5 Å². The molecule has 1 aliphatic heterocycles. The first-order chi connectivity index (χ1) is 8.54. The van der Waals surface area contributed by atoms with Crippen molar-refractivity contribution in [1.29, 1.82) is 0 Å². The summed E-state index contributed by atoms with van der Waals surface area (Å²) in [5.41, 5.74) is 0. The minimum absolute atomic E-state index is 0.102. The van der Waals surface area contributed by atoms with Gasteiger partial charge in [0.2, 0.25) is 0 Å². The van der Waals surface area contributed by atoms with E-state index in [1.165, 1.54) is 10.5 Å². The normalized spacial score (nSPS) is 22.2. The molecule has 2 rings (SSSR count). The number of rotatable bonds is 4. The molecule has 1 saturated heterocycles. The summed E-state index contributed by atoms with van der Waals surface area (Å²) in [4.78, 5) is 3.77. The summed E-state index contributed by atoms with van der Waals surface area (Å²) in [6, 6.07) is 0. The molecule has 2 heterocycles. The lowest BCUT2D eigenvalue weighted by Gasteiger charge is -2.31. The number of halogens is 1. The average molecular weight is 311 g/mol. The van der Waals surface area contributed by atoms with Gasteiger partial charge in [0.15, 0.2) is 8.68 Å². The van der Waals surface area contributed by atoms with E-state index >= 15 is 0 Å². The zero-order valence-corrected chi connectivity index (χ0v) is 12.1. The minimum Gasteiger partial charge on any atom is -0.396 e. The largest absolute Gasteiger partial charge is 0.396 e. The second-order valence-corrected chi connectivity index (χ2v) is 8.09. The van der Waals surface area contributed by atoms with E-state index in [4.69, 9.17) is 16.7 Å². The van der Waals surface area contributed by atoms with Gasteiger partial charge in [-0.2, -0.15) is 4.31 Å². The second kappa shape index (κ2) is 5.83. The summed E-state index contributed by atoms with van der Waals surface area (Å²) in [7, 11) is -3.47. The smallest absolute Gasteiger partial charge is 0.254 e. The van der Waals surface area contributed by atoms with Crippen molar-refractivity contribution in [2.45, 2.75) is 23.5 Å². The lowest BCUT2D eigenvalue weighted by Crippen LogP contribution is -2.39. The van der Waals surface area contributed by atoms with Crippen molar-refractivity contribution in [3.63, 3.8) is 0 Å². The van der Waals surface area contributed by atoms with Gasteiger partial charge in [-0.3, -0.25) is 0 Å². The summed E-state index contributed by atoms with van der Waals surface area (Å²) >= 11 is 6.65. The molecule has 1 aliphatic rings. The lowest BCUT2D eigenvalue weighted by atomic mass is 9.97. The van der Waals surface area contributed by atoms with Gasteiger partial charge in [-0.25, -0.2) is 13.4 Å². The highest BCUT2D eigenvalue weighted by molar-refractivity contribution is 7.91. The maximum Gasteiger partial charge on any atom is 0.254 e. The third kappa shape index (κ3) is 3.03. The van der Waals surface area contributed by atoms with Crippen molar-refractivity contribution < 1.29 is 13.5 Å². The van der Waals surface area contributed by atoms with E-state index in [2.05, 4.69) is 4.98 Å². The van der Waals surface area contributed by atoms with Gasteiger partial charge in [0.1, 0.15) is 0 Å². The molecular weight excluding hydrogens is 296 g/mol. The second-order valence-electron chi connectivity index (χ2n) is 4.32. The molecule has 1 atom stereocenters. The fraction of sp³-hybridized carbons (Fsp3) is 0.700. The number of aromatic nitrogens is 1. The number of thiazole rings is 1. The van der Waals surface area contributed by atoms with Crippen molar-refractivity contribution in [3.8, 4) is 0 Å². The Morgan fingerprint density at radius 2 is 2.39 bits per heavy atom. The number of hydrogen-bond acceptors (Lipinski definition) is 5. The molecule has 0 amide bonds. The van der Waals surface area contributed by atoms with E-state index in [-0.39, 0.29) is 21.2 Å². The molecular formula is C10H15ClN2O3S2. The lowest BCUT2D eigenvalue weighted by molar-refractivity contribution is 0.203. The first kappa shape index (κ1) is 14.2. The molecule has 1 aromatic heterocycles.